The molecule has 0 radical (unpaired) electrons. The molecule has 2 aliphatic rings. The van der Waals surface area contributed by atoms with Crippen LogP contribution >= 0.6 is 0 Å². The third-order valence-electron chi connectivity index (χ3n) is 9.90. The maximum Gasteiger partial charge on any atom is 0.260 e. The van der Waals surface area contributed by atoms with Gasteiger partial charge in [-0.25, -0.2) is 0 Å². The lowest BCUT2D eigenvalue weighted by Gasteiger charge is -2.35. The summed E-state index contributed by atoms with van der Waals surface area (Å²) >= 11 is 0. The zero-order valence-electron chi connectivity index (χ0n) is 27.8. The van der Waals surface area contributed by atoms with Gasteiger partial charge in [0.05, 0.1) is 5.69 Å². The summed E-state index contributed by atoms with van der Waals surface area (Å²) in [6.07, 6.45) is 0. The van der Waals surface area contributed by atoms with E-state index >= 15 is 0 Å². The van der Waals surface area contributed by atoms with Crippen molar-refractivity contribution < 1.29 is 9.47 Å². The van der Waals surface area contributed by atoms with E-state index in [1.54, 1.807) is 0 Å². The van der Waals surface area contributed by atoms with Gasteiger partial charge in [-0.05, 0) is 94.9 Å². The Kier molecular flexibility index (Phi) is 6.91. The summed E-state index contributed by atoms with van der Waals surface area (Å²) in [6.45, 7) is 6.46. The monoisotopic (exact) mass is 631 g/mol. The van der Waals surface area contributed by atoms with Crippen LogP contribution in [0, 0.1) is 20.8 Å². The van der Waals surface area contributed by atoms with Crippen LogP contribution in [0.4, 0.5) is 17.1 Å². The highest BCUT2D eigenvalue weighted by Gasteiger charge is 2.41. The van der Waals surface area contributed by atoms with E-state index in [4.69, 9.17) is 9.47 Å². The van der Waals surface area contributed by atoms with Crippen molar-refractivity contribution in [2.75, 3.05) is 4.90 Å². The van der Waals surface area contributed by atoms with Crippen LogP contribution < -0.4 is 30.8 Å². The van der Waals surface area contributed by atoms with E-state index in [2.05, 4.69) is 177 Å². The standard InChI is InChI=1S/C45H34BNO2/c1-29-18-19-31(3)40(24-29)47(39-17-11-10-12-30(39)2)36-27-43-45-44(28-36)49-42-26-35(33-15-8-5-9-16-33)21-23-38(42)46(45)37-22-20-34(25-41(37)48-43)32-13-6-4-7-14-32/h4-28H,1-3H3. The smallest absolute Gasteiger partial charge is 0.260 e. The number of hydrogen-bond donors (Lipinski definition) is 0. The lowest BCUT2D eigenvalue weighted by molar-refractivity contribution is 0.465. The minimum Gasteiger partial charge on any atom is -0.458 e. The molecule has 7 aromatic rings. The molecule has 9 rings (SSSR count). The number of ether oxygens (including phenoxy) is 2. The number of rotatable bonds is 5. The second-order valence-corrected chi connectivity index (χ2v) is 13.1. The van der Waals surface area contributed by atoms with Gasteiger partial charge < -0.3 is 14.4 Å². The van der Waals surface area contributed by atoms with Gasteiger partial charge in [0.25, 0.3) is 6.71 Å². The highest BCUT2D eigenvalue weighted by atomic mass is 16.5. The van der Waals surface area contributed by atoms with Crippen LogP contribution in [0.15, 0.2) is 152 Å². The average Bonchev–Trinajstić information content (AvgIpc) is 3.14. The van der Waals surface area contributed by atoms with Gasteiger partial charge in [-0.1, -0.05) is 115 Å². The van der Waals surface area contributed by atoms with Gasteiger partial charge in [0.15, 0.2) is 0 Å². The molecule has 234 valence electrons. The minimum absolute atomic E-state index is 0.0335. The van der Waals surface area contributed by atoms with Crippen molar-refractivity contribution in [3.8, 4) is 45.3 Å². The van der Waals surface area contributed by atoms with Crippen LogP contribution in [0.3, 0.4) is 0 Å². The molecule has 0 aliphatic carbocycles. The summed E-state index contributed by atoms with van der Waals surface area (Å²) in [5.74, 6) is 3.38. The molecule has 0 unspecified atom stereocenters. The van der Waals surface area contributed by atoms with Gasteiger partial charge in [-0.2, -0.15) is 0 Å². The van der Waals surface area contributed by atoms with Crippen LogP contribution in [0.2, 0.25) is 0 Å². The molecule has 0 saturated heterocycles. The number of fused-ring (bicyclic) bond motifs is 4. The van der Waals surface area contributed by atoms with Gasteiger partial charge >= 0.3 is 0 Å². The molecule has 0 saturated carbocycles. The van der Waals surface area contributed by atoms with Crippen molar-refractivity contribution >= 4 is 40.2 Å². The number of para-hydroxylation sites is 1. The Bertz CT molecular complexity index is 2270. The van der Waals surface area contributed by atoms with Crippen molar-refractivity contribution in [1.82, 2.24) is 0 Å². The van der Waals surface area contributed by atoms with E-state index in [1.807, 2.05) is 0 Å². The Hall–Kier alpha value is -6.00. The molecule has 49 heavy (non-hydrogen) atoms. The van der Waals surface area contributed by atoms with Crippen molar-refractivity contribution in [2.45, 2.75) is 20.8 Å². The SMILES string of the molecule is Cc1ccc(C)c(N(c2cc3c4c(c2)Oc2cc(-c5ccccc5)ccc2B4c2ccc(-c4ccccc4)cc2O3)c2ccccc2C)c1. The van der Waals surface area contributed by atoms with E-state index in [-0.39, 0.29) is 6.71 Å². The first-order valence-electron chi connectivity index (χ1n) is 16.9. The first kappa shape index (κ1) is 29.2. The molecule has 4 heteroatoms. The third-order valence-corrected chi connectivity index (χ3v) is 9.90. The highest BCUT2D eigenvalue weighted by Crippen LogP contribution is 2.45. The summed E-state index contributed by atoms with van der Waals surface area (Å²) in [5.41, 5.74) is 14.7. The van der Waals surface area contributed by atoms with Gasteiger partial charge in [0.2, 0.25) is 0 Å². The summed E-state index contributed by atoms with van der Waals surface area (Å²) in [6, 6.07) is 53.9. The largest absolute Gasteiger partial charge is 0.458 e. The van der Waals surface area contributed by atoms with E-state index in [1.165, 1.54) is 16.7 Å². The van der Waals surface area contributed by atoms with E-state index in [0.29, 0.717) is 0 Å². The Morgan fingerprint density at radius 1 is 0.429 bits per heavy atom. The quantitative estimate of drug-likeness (QED) is 0.177. The van der Waals surface area contributed by atoms with Crippen molar-refractivity contribution in [2.24, 2.45) is 0 Å². The van der Waals surface area contributed by atoms with Gasteiger partial charge in [-0.3, -0.25) is 0 Å². The fourth-order valence-electron chi connectivity index (χ4n) is 7.41. The molecule has 0 spiro atoms. The first-order chi connectivity index (χ1) is 24.0. The van der Waals surface area contributed by atoms with Crippen LogP contribution in [0.5, 0.6) is 23.0 Å². The molecule has 0 aromatic heterocycles. The molecular formula is C45H34BNO2. The molecule has 0 bridgehead atoms. The van der Waals surface area contributed by atoms with Crippen LogP contribution in [0.25, 0.3) is 22.3 Å². The molecule has 0 amide bonds. The van der Waals surface area contributed by atoms with Gasteiger partial charge in [0, 0.05) is 29.0 Å². The Labute approximate surface area is 288 Å². The molecule has 0 N–H and O–H groups in total. The number of aryl methyl sites for hydroxylation is 3. The van der Waals surface area contributed by atoms with Crippen LogP contribution in [-0.4, -0.2) is 6.71 Å². The summed E-state index contributed by atoms with van der Waals surface area (Å²) in [5, 5.41) is 0. The number of nitrogens with zero attached hydrogens (tertiary/aromatic N) is 1. The lowest BCUT2D eigenvalue weighted by atomic mass is 9.34. The van der Waals surface area contributed by atoms with Crippen molar-refractivity contribution in [3.05, 3.63) is 168 Å². The Morgan fingerprint density at radius 3 is 1.53 bits per heavy atom. The fraction of sp³-hybridized carbons (Fsp3) is 0.0667. The summed E-state index contributed by atoms with van der Waals surface area (Å²) in [4.78, 5) is 2.35. The number of anilines is 3. The van der Waals surface area contributed by atoms with E-state index < -0.39 is 0 Å². The molecule has 7 aromatic carbocycles. The van der Waals surface area contributed by atoms with E-state index in [9.17, 15) is 0 Å². The predicted molar refractivity (Wildman–Crippen MR) is 204 cm³/mol. The molecule has 0 atom stereocenters. The van der Waals surface area contributed by atoms with Crippen molar-refractivity contribution in [1.29, 1.82) is 0 Å². The zero-order valence-corrected chi connectivity index (χ0v) is 27.8. The maximum atomic E-state index is 6.93. The molecule has 2 heterocycles. The Balaban J connectivity index is 1.27. The van der Waals surface area contributed by atoms with Crippen LogP contribution in [-0.2, 0) is 0 Å². The average molecular weight is 632 g/mol. The molecule has 0 fully saturated rings. The highest BCUT2D eigenvalue weighted by molar-refractivity contribution is 6.98. The molecule has 3 nitrogen and oxygen atoms in total. The number of hydrogen-bond acceptors (Lipinski definition) is 3. The normalized spacial score (nSPS) is 12.3. The third kappa shape index (κ3) is 5.00. The molecule has 2 aliphatic heterocycles. The number of benzene rings is 7. The molecular weight excluding hydrogens is 597 g/mol. The summed E-state index contributed by atoms with van der Waals surface area (Å²) in [7, 11) is 0. The second kappa shape index (κ2) is 11.6. The second-order valence-electron chi connectivity index (χ2n) is 13.1. The van der Waals surface area contributed by atoms with Gasteiger partial charge in [-0.15, -0.1) is 0 Å². The summed E-state index contributed by atoms with van der Waals surface area (Å²) < 4.78 is 13.9. The topological polar surface area (TPSA) is 21.7 Å². The lowest BCUT2D eigenvalue weighted by Crippen LogP contribution is -2.57. The fourth-order valence-corrected chi connectivity index (χ4v) is 7.41. The maximum absolute atomic E-state index is 6.93. The van der Waals surface area contributed by atoms with E-state index in [0.717, 1.165) is 78.7 Å². The first-order valence-corrected chi connectivity index (χ1v) is 16.9. The Morgan fingerprint density at radius 2 is 0.959 bits per heavy atom. The zero-order chi connectivity index (χ0) is 33.1. The van der Waals surface area contributed by atoms with Gasteiger partial charge in [0.1, 0.15) is 23.0 Å². The van der Waals surface area contributed by atoms with Crippen molar-refractivity contribution in [3.63, 3.8) is 0 Å². The predicted octanol–water partition coefficient (Wildman–Crippen LogP) is 10.1. The van der Waals surface area contributed by atoms with Crippen LogP contribution in [0.1, 0.15) is 16.7 Å². The minimum atomic E-state index is -0.0335.